The van der Waals surface area contributed by atoms with Crippen molar-refractivity contribution in [3.8, 4) is 0 Å². The molecule has 0 saturated heterocycles. The fourth-order valence-corrected chi connectivity index (χ4v) is 5.93. The third kappa shape index (κ3) is 2.49. The van der Waals surface area contributed by atoms with Crippen LogP contribution in [0.4, 0.5) is 0 Å². The van der Waals surface area contributed by atoms with Crippen LogP contribution in [0.2, 0.25) is 0 Å². The maximum Gasteiger partial charge on any atom is 0.182 e. The molecule has 3 rings (SSSR count). The van der Waals surface area contributed by atoms with Crippen molar-refractivity contribution in [1.82, 2.24) is 0 Å². The standard InChI is InChI=1S/C18H21NO3S/c1-13-7-9-15(10-8-13)23(21,22)17-16(18(17,11-19)12-20)14-5-3-2-4-6-14/h2-10,16-17,20H,11-12,19H2,1H3/t16-,17+,18-/m0/s1. The molecular weight excluding hydrogens is 310 g/mol. The van der Waals surface area contributed by atoms with Crippen LogP contribution in [0, 0.1) is 12.3 Å². The van der Waals surface area contributed by atoms with Crippen LogP contribution in [-0.2, 0) is 9.84 Å². The Morgan fingerprint density at radius 2 is 1.70 bits per heavy atom. The summed E-state index contributed by atoms with van der Waals surface area (Å²) in [4.78, 5) is 0.290. The van der Waals surface area contributed by atoms with E-state index < -0.39 is 20.5 Å². The number of hydrogen-bond donors (Lipinski definition) is 2. The number of aryl methyl sites for hydroxylation is 1. The third-order valence-corrected chi connectivity index (χ3v) is 7.24. The summed E-state index contributed by atoms with van der Waals surface area (Å²) in [6, 6.07) is 16.3. The zero-order chi connectivity index (χ0) is 16.7. The Kier molecular flexibility index (Phi) is 4.04. The highest BCUT2D eigenvalue weighted by Crippen LogP contribution is 2.63. The average molecular weight is 331 g/mol. The van der Waals surface area contributed by atoms with Crippen molar-refractivity contribution in [2.45, 2.75) is 23.0 Å². The molecule has 1 saturated carbocycles. The van der Waals surface area contributed by atoms with E-state index in [2.05, 4.69) is 0 Å². The first-order valence-electron chi connectivity index (χ1n) is 7.64. The van der Waals surface area contributed by atoms with E-state index in [0.29, 0.717) is 0 Å². The van der Waals surface area contributed by atoms with Gasteiger partial charge in [-0.1, -0.05) is 48.0 Å². The molecule has 0 aromatic heterocycles. The fourth-order valence-electron chi connectivity index (χ4n) is 3.48. The zero-order valence-corrected chi connectivity index (χ0v) is 13.8. The molecule has 122 valence electrons. The minimum Gasteiger partial charge on any atom is -0.396 e. The van der Waals surface area contributed by atoms with Gasteiger partial charge in [0.15, 0.2) is 9.84 Å². The summed E-state index contributed by atoms with van der Waals surface area (Å²) in [6.45, 7) is 1.82. The van der Waals surface area contributed by atoms with Crippen molar-refractivity contribution in [1.29, 1.82) is 0 Å². The topological polar surface area (TPSA) is 80.4 Å². The zero-order valence-electron chi connectivity index (χ0n) is 13.0. The SMILES string of the molecule is Cc1ccc(S(=O)(=O)[C@@H]2[C@H](c3ccccc3)[C@]2(CN)CO)cc1. The lowest BCUT2D eigenvalue weighted by molar-refractivity contribution is 0.212. The van der Waals surface area contributed by atoms with Crippen LogP contribution in [0.1, 0.15) is 17.0 Å². The minimum absolute atomic E-state index is 0.138. The molecule has 0 unspecified atom stereocenters. The fraction of sp³-hybridized carbons (Fsp3) is 0.333. The minimum atomic E-state index is -3.55. The lowest BCUT2D eigenvalue weighted by Gasteiger charge is -2.12. The molecule has 0 spiro atoms. The van der Waals surface area contributed by atoms with Crippen LogP contribution in [0.3, 0.4) is 0 Å². The Balaban J connectivity index is 2.05. The number of hydrogen-bond acceptors (Lipinski definition) is 4. The summed E-state index contributed by atoms with van der Waals surface area (Å²) in [5, 5.41) is 9.18. The van der Waals surface area contributed by atoms with Crippen LogP contribution in [0.5, 0.6) is 0 Å². The number of benzene rings is 2. The second kappa shape index (κ2) is 5.74. The van der Waals surface area contributed by atoms with Crippen molar-refractivity contribution < 1.29 is 13.5 Å². The van der Waals surface area contributed by atoms with E-state index in [1.54, 1.807) is 24.3 Å². The maximum atomic E-state index is 13.1. The van der Waals surface area contributed by atoms with Gasteiger partial charge in [0.25, 0.3) is 0 Å². The number of rotatable bonds is 5. The van der Waals surface area contributed by atoms with Gasteiger partial charge in [-0.25, -0.2) is 8.42 Å². The largest absolute Gasteiger partial charge is 0.396 e. The second-order valence-corrected chi connectivity index (χ2v) is 8.33. The molecule has 23 heavy (non-hydrogen) atoms. The number of aliphatic hydroxyl groups excluding tert-OH is 1. The highest BCUT2D eigenvalue weighted by Gasteiger charge is 2.70. The quantitative estimate of drug-likeness (QED) is 0.876. The molecule has 1 fully saturated rings. The first-order valence-corrected chi connectivity index (χ1v) is 9.18. The molecule has 1 aliphatic carbocycles. The van der Waals surface area contributed by atoms with Crippen LogP contribution in [0.15, 0.2) is 59.5 Å². The van der Waals surface area contributed by atoms with E-state index in [9.17, 15) is 13.5 Å². The average Bonchev–Trinajstić information content (AvgIpc) is 3.27. The van der Waals surface area contributed by atoms with Crippen LogP contribution in [-0.4, -0.2) is 31.9 Å². The highest BCUT2D eigenvalue weighted by atomic mass is 32.2. The van der Waals surface area contributed by atoms with E-state index >= 15 is 0 Å². The second-order valence-electron chi connectivity index (χ2n) is 6.26. The predicted molar refractivity (Wildman–Crippen MR) is 89.9 cm³/mol. The molecule has 3 atom stereocenters. The number of aliphatic hydroxyl groups is 1. The molecule has 2 aromatic carbocycles. The van der Waals surface area contributed by atoms with Crippen LogP contribution in [0.25, 0.3) is 0 Å². The van der Waals surface area contributed by atoms with E-state index in [1.165, 1.54) is 0 Å². The molecule has 0 radical (unpaired) electrons. The monoisotopic (exact) mass is 331 g/mol. The summed E-state index contributed by atoms with van der Waals surface area (Å²) < 4.78 is 26.1. The summed E-state index contributed by atoms with van der Waals surface area (Å²) in [7, 11) is -3.55. The van der Waals surface area contributed by atoms with Gasteiger partial charge in [-0.3, -0.25) is 0 Å². The van der Waals surface area contributed by atoms with Gasteiger partial charge in [-0.2, -0.15) is 0 Å². The Labute approximate surface area is 136 Å². The van der Waals surface area contributed by atoms with Crippen molar-refractivity contribution >= 4 is 9.84 Å². The van der Waals surface area contributed by atoms with Gasteiger partial charge in [-0.05, 0) is 24.6 Å². The molecule has 0 bridgehead atoms. The van der Waals surface area contributed by atoms with Crippen molar-refractivity contribution in [2.75, 3.05) is 13.2 Å². The first-order chi connectivity index (χ1) is 11.0. The number of nitrogens with two attached hydrogens (primary N) is 1. The summed E-state index contributed by atoms with van der Waals surface area (Å²) >= 11 is 0. The van der Waals surface area contributed by atoms with Crippen molar-refractivity contribution in [2.24, 2.45) is 11.1 Å². The Bertz CT molecular complexity index is 781. The Morgan fingerprint density at radius 1 is 1.09 bits per heavy atom. The van der Waals surface area contributed by atoms with E-state index in [-0.39, 0.29) is 24.0 Å². The van der Waals surface area contributed by atoms with Gasteiger partial charge in [0.05, 0.1) is 16.8 Å². The summed E-state index contributed by atoms with van der Waals surface area (Å²) in [5.74, 6) is -0.273. The van der Waals surface area contributed by atoms with Gasteiger partial charge >= 0.3 is 0 Å². The van der Waals surface area contributed by atoms with E-state index in [1.807, 2.05) is 37.3 Å². The van der Waals surface area contributed by atoms with Gasteiger partial charge in [0, 0.05) is 17.9 Å². The molecule has 1 aliphatic rings. The molecule has 3 N–H and O–H groups in total. The summed E-state index contributed by atoms with van der Waals surface area (Å²) in [6.07, 6.45) is 0. The smallest absolute Gasteiger partial charge is 0.182 e. The Hall–Kier alpha value is -1.69. The molecule has 5 heteroatoms. The van der Waals surface area contributed by atoms with Crippen molar-refractivity contribution in [3.63, 3.8) is 0 Å². The van der Waals surface area contributed by atoms with Crippen LogP contribution < -0.4 is 5.73 Å². The molecule has 2 aromatic rings. The summed E-state index contributed by atoms with van der Waals surface area (Å²) in [5.41, 5.74) is 6.99. The molecule has 4 nitrogen and oxygen atoms in total. The van der Waals surface area contributed by atoms with Crippen LogP contribution >= 0.6 is 0 Å². The van der Waals surface area contributed by atoms with Crippen molar-refractivity contribution in [3.05, 3.63) is 65.7 Å². The normalized spacial score (nSPS) is 26.9. The van der Waals surface area contributed by atoms with Gasteiger partial charge in [0.1, 0.15) is 0 Å². The van der Waals surface area contributed by atoms with Gasteiger partial charge in [0.2, 0.25) is 0 Å². The maximum absolute atomic E-state index is 13.1. The third-order valence-electron chi connectivity index (χ3n) is 4.90. The highest BCUT2D eigenvalue weighted by molar-refractivity contribution is 7.92. The molecule has 0 amide bonds. The molecule has 0 heterocycles. The molecule has 0 aliphatic heterocycles. The Morgan fingerprint density at radius 3 is 2.22 bits per heavy atom. The molecular formula is C18H21NO3S. The lowest BCUT2D eigenvalue weighted by atomic mass is 10.0. The predicted octanol–water partition coefficient (Wildman–Crippen LogP) is 1.87. The first kappa shape index (κ1) is 16.2. The van der Waals surface area contributed by atoms with Gasteiger partial charge < -0.3 is 10.8 Å². The lowest BCUT2D eigenvalue weighted by Crippen LogP contribution is -2.27. The number of sulfone groups is 1. The van der Waals surface area contributed by atoms with E-state index in [4.69, 9.17) is 5.73 Å². The van der Waals surface area contributed by atoms with E-state index in [0.717, 1.165) is 11.1 Å². The van der Waals surface area contributed by atoms with Gasteiger partial charge in [-0.15, -0.1) is 0 Å².